The van der Waals surface area contributed by atoms with Gasteiger partial charge in [-0.05, 0) is 6.54 Å². The van der Waals surface area contributed by atoms with Crippen LogP contribution in [0.5, 0.6) is 0 Å². The van der Waals surface area contributed by atoms with Crippen molar-refractivity contribution in [3.63, 3.8) is 0 Å². The molecule has 0 unspecified atom stereocenters. The topological polar surface area (TPSA) is 71.8 Å². The molecule has 0 bridgehead atoms. The first-order valence-corrected chi connectivity index (χ1v) is 5.57. The Bertz CT molecular complexity index is 511. The molecule has 17 heavy (non-hydrogen) atoms. The molecule has 0 saturated heterocycles. The van der Waals surface area contributed by atoms with Gasteiger partial charge in [0.05, 0.1) is 0 Å². The maximum absolute atomic E-state index is 11.5. The van der Waals surface area contributed by atoms with E-state index in [2.05, 4.69) is 10.2 Å². The number of benzene rings is 1. The minimum absolute atomic E-state index is 0.181. The molecule has 4 nitrogen and oxygen atoms in total. The molecule has 3 N–H and O–H groups in total. The first kappa shape index (κ1) is 13.4. The fraction of sp³-hybridized carbons (Fsp3) is 0.167. The van der Waals surface area contributed by atoms with Gasteiger partial charge in [-0.15, -0.1) is 0 Å². The molecule has 0 amide bonds. The molecule has 0 aliphatic heterocycles. The molecule has 1 heterocycles. The van der Waals surface area contributed by atoms with Crippen molar-refractivity contribution in [1.29, 1.82) is 0 Å². The predicted octanol–water partition coefficient (Wildman–Crippen LogP) is 2.06. The number of hydrogen-bond acceptors (Lipinski definition) is 3. The van der Waals surface area contributed by atoms with Gasteiger partial charge >= 0.3 is 0 Å². The van der Waals surface area contributed by atoms with Crippen LogP contribution >= 0.6 is 11.6 Å². The number of aromatic nitrogens is 2. The number of rotatable bonds is 1. The first-order chi connectivity index (χ1) is 8.19. The highest BCUT2D eigenvalue weighted by Crippen LogP contribution is 2.11. The number of aromatic amines is 1. The molecule has 0 saturated carbocycles. The van der Waals surface area contributed by atoms with Crippen LogP contribution in [-0.2, 0) is 0 Å². The van der Waals surface area contributed by atoms with Gasteiger partial charge in [0.1, 0.15) is 10.8 Å². The average Bonchev–Trinajstić information content (AvgIpc) is 2.31. The molecule has 0 radical (unpaired) electrons. The zero-order valence-corrected chi connectivity index (χ0v) is 10.2. The summed E-state index contributed by atoms with van der Waals surface area (Å²) in [5.74, 6) is 0. The monoisotopic (exact) mass is 251 g/mol. The van der Waals surface area contributed by atoms with Crippen molar-refractivity contribution in [1.82, 2.24) is 10.2 Å². The Balaban J connectivity index is 0.000000437. The van der Waals surface area contributed by atoms with Gasteiger partial charge in [-0.25, -0.2) is 0 Å². The number of hydrogen-bond donors (Lipinski definition) is 2. The van der Waals surface area contributed by atoms with E-state index in [4.69, 9.17) is 17.3 Å². The van der Waals surface area contributed by atoms with Crippen molar-refractivity contribution in [2.45, 2.75) is 6.92 Å². The fourth-order valence-electron chi connectivity index (χ4n) is 1.18. The summed E-state index contributed by atoms with van der Waals surface area (Å²) >= 11 is 5.59. The van der Waals surface area contributed by atoms with Crippen LogP contribution in [0.3, 0.4) is 0 Å². The molecule has 1 aromatic carbocycles. The van der Waals surface area contributed by atoms with Crippen LogP contribution in [0.25, 0.3) is 11.3 Å². The van der Waals surface area contributed by atoms with Crippen LogP contribution in [-0.4, -0.2) is 16.7 Å². The minimum Gasteiger partial charge on any atom is -0.331 e. The van der Waals surface area contributed by atoms with Crippen LogP contribution in [0.15, 0.2) is 41.2 Å². The normalized spacial score (nSPS) is 9.35. The van der Waals surface area contributed by atoms with Gasteiger partial charge in [0.15, 0.2) is 0 Å². The standard InChI is InChI=1S/C10H7ClN2O.C2H7N/c11-9-6-8(14)10(13-12-9)7-4-2-1-3-5-7;1-2-3/h1-6H,(H,12,14);2-3H2,1H3. The number of nitrogens with zero attached hydrogens (tertiary/aromatic N) is 1. The molecule has 0 fully saturated rings. The Morgan fingerprint density at radius 3 is 2.47 bits per heavy atom. The van der Waals surface area contributed by atoms with E-state index in [-0.39, 0.29) is 10.6 Å². The van der Waals surface area contributed by atoms with Crippen molar-refractivity contribution < 1.29 is 0 Å². The fourth-order valence-corrected chi connectivity index (χ4v) is 1.32. The largest absolute Gasteiger partial charge is 0.331 e. The highest BCUT2D eigenvalue weighted by Gasteiger charge is 2.03. The van der Waals surface area contributed by atoms with E-state index in [0.29, 0.717) is 5.69 Å². The Morgan fingerprint density at radius 2 is 1.94 bits per heavy atom. The third kappa shape index (κ3) is 4.01. The highest BCUT2D eigenvalue weighted by atomic mass is 35.5. The third-order valence-electron chi connectivity index (χ3n) is 1.81. The zero-order valence-electron chi connectivity index (χ0n) is 9.48. The molecule has 0 aliphatic rings. The Hall–Kier alpha value is -1.65. The van der Waals surface area contributed by atoms with Gasteiger partial charge in [-0.1, -0.05) is 48.9 Å². The van der Waals surface area contributed by atoms with Crippen molar-refractivity contribution in [3.8, 4) is 11.3 Å². The molecular weight excluding hydrogens is 238 g/mol. The van der Waals surface area contributed by atoms with Gasteiger partial charge in [0.25, 0.3) is 0 Å². The summed E-state index contributed by atoms with van der Waals surface area (Å²) in [5, 5.41) is 6.68. The van der Waals surface area contributed by atoms with Gasteiger partial charge < -0.3 is 5.73 Å². The van der Waals surface area contributed by atoms with E-state index < -0.39 is 0 Å². The summed E-state index contributed by atoms with van der Waals surface area (Å²) in [7, 11) is 0. The summed E-state index contributed by atoms with van der Waals surface area (Å²) in [6, 6.07) is 10.6. The Kier molecular flexibility index (Phi) is 5.39. The second-order valence-corrected chi connectivity index (χ2v) is 3.61. The molecule has 0 aliphatic carbocycles. The van der Waals surface area contributed by atoms with Crippen LogP contribution < -0.4 is 11.2 Å². The lowest BCUT2D eigenvalue weighted by Crippen LogP contribution is -2.07. The van der Waals surface area contributed by atoms with Gasteiger partial charge in [-0.3, -0.25) is 9.89 Å². The van der Waals surface area contributed by atoms with Gasteiger partial charge in [0, 0.05) is 11.6 Å². The Labute approximate surface area is 104 Å². The smallest absolute Gasteiger partial charge is 0.209 e. The number of halogens is 1. The Morgan fingerprint density at radius 1 is 1.35 bits per heavy atom. The summed E-state index contributed by atoms with van der Waals surface area (Å²) in [6.07, 6.45) is 0. The number of nitrogens with two attached hydrogens (primary N) is 1. The lowest BCUT2D eigenvalue weighted by Gasteiger charge is -1.98. The molecule has 0 atom stereocenters. The summed E-state index contributed by atoms with van der Waals surface area (Å²) in [5.41, 5.74) is 5.83. The summed E-state index contributed by atoms with van der Waals surface area (Å²) < 4.78 is 0. The summed E-state index contributed by atoms with van der Waals surface area (Å²) in [4.78, 5) is 11.5. The molecule has 90 valence electrons. The van der Waals surface area contributed by atoms with E-state index in [9.17, 15) is 4.79 Å². The van der Waals surface area contributed by atoms with Crippen molar-refractivity contribution in [2.75, 3.05) is 6.54 Å². The molecule has 0 spiro atoms. The van der Waals surface area contributed by atoms with E-state index in [1.807, 2.05) is 37.3 Å². The second kappa shape index (κ2) is 6.83. The van der Waals surface area contributed by atoms with E-state index >= 15 is 0 Å². The third-order valence-corrected chi connectivity index (χ3v) is 2.01. The molecule has 5 heteroatoms. The molecule has 2 aromatic rings. The van der Waals surface area contributed by atoms with Crippen LogP contribution in [0, 0.1) is 0 Å². The highest BCUT2D eigenvalue weighted by molar-refractivity contribution is 6.29. The predicted molar refractivity (Wildman–Crippen MR) is 70.0 cm³/mol. The van der Waals surface area contributed by atoms with Crippen molar-refractivity contribution in [2.24, 2.45) is 5.73 Å². The molecule has 2 rings (SSSR count). The van der Waals surface area contributed by atoms with E-state index in [1.54, 1.807) is 0 Å². The van der Waals surface area contributed by atoms with Crippen LogP contribution in [0.2, 0.25) is 5.15 Å². The maximum atomic E-state index is 11.5. The van der Waals surface area contributed by atoms with E-state index in [0.717, 1.165) is 12.1 Å². The molecule has 1 aromatic heterocycles. The van der Waals surface area contributed by atoms with Gasteiger partial charge in [-0.2, -0.15) is 5.10 Å². The number of nitrogens with one attached hydrogen (secondary N) is 1. The van der Waals surface area contributed by atoms with E-state index in [1.165, 1.54) is 6.07 Å². The minimum atomic E-state index is -0.181. The lowest BCUT2D eigenvalue weighted by molar-refractivity contribution is 1.03. The second-order valence-electron chi connectivity index (χ2n) is 3.20. The van der Waals surface area contributed by atoms with Crippen molar-refractivity contribution >= 4 is 11.6 Å². The van der Waals surface area contributed by atoms with Crippen LogP contribution in [0.4, 0.5) is 0 Å². The first-order valence-electron chi connectivity index (χ1n) is 5.19. The SMILES string of the molecule is CCN.O=c1cc(Cl)[nH]nc1-c1ccccc1. The lowest BCUT2D eigenvalue weighted by atomic mass is 10.1. The zero-order chi connectivity index (χ0) is 12.7. The van der Waals surface area contributed by atoms with Gasteiger partial charge in [0.2, 0.25) is 5.43 Å². The quantitative estimate of drug-likeness (QED) is 0.815. The van der Waals surface area contributed by atoms with Crippen LogP contribution in [0.1, 0.15) is 6.92 Å². The summed E-state index contributed by atoms with van der Waals surface area (Å²) in [6.45, 7) is 2.65. The maximum Gasteiger partial charge on any atom is 0.209 e. The number of H-pyrrole nitrogens is 1. The molecular formula is C12H14ClN3O. The van der Waals surface area contributed by atoms with Crippen molar-refractivity contribution in [3.05, 3.63) is 51.8 Å². The average molecular weight is 252 g/mol.